The zero-order valence-electron chi connectivity index (χ0n) is 65.9. The molecule has 0 heterocycles. The summed E-state index contributed by atoms with van der Waals surface area (Å²) in [5.74, 6) is -1.60. The van der Waals surface area contributed by atoms with Gasteiger partial charge >= 0.3 is 33.6 Å². The van der Waals surface area contributed by atoms with Gasteiger partial charge in [-0.05, 0) is 141 Å². The maximum atomic E-state index is 13.0. The van der Waals surface area contributed by atoms with Crippen LogP contribution in [-0.2, 0) is 55.8 Å². The zero-order valence-corrected chi connectivity index (χ0v) is 67.6. The quantitative estimate of drug-likeness (QED) is 0.0146. The van der Waals surface area contributed by atoms with E-state index >= 15 is 0 Å². The van der Waals surface area contributed by atoms with Crippen LogP contribution in [0.2, 0.25) is 0 Å². The molecule has 105 heavy (non-hydrogen) atoms. The third-order valence-electron chi connectivity index (χ3n) is 17.0. The van der Waals surface area contributed by atoms with E-state index < -0.39 is 91.5 Å². The Labute approximate surface area is 638 Å². The molecule has 5 atom stereocenters. The Balaban J connectivity index is 4.57. The largest absolute Gasteiger partial charge is 0.472 e. The highest BCUT2D eigenvalue weighted by Crippen LogP contribution is 2.45. The topological polar surface area (TPSA) is 231 Å². The second-order valence-electron chi connectivity index (χ2n) is 27.2. The summed E-state index contributed by atoms with van der Waals surface area (Å²) in [5.41, 5.74) is 0. The minimum atomic E-state index is -4.94. The average Bonchev–Trinajstić information content (AvgIpc) is 0.942. The van der Waals surface area contributed by atoms with Gasteiger partial charge in [-0.2, -0.15) is 0 Å². The molecule has 0 aromatic carbocycles. The van der Waals surface area contributed by atoms with Crippen molar-refractivity contribution < 1.29 is 75.8 Å². The van der Waals surface area contributed by atoms with Crippen molar-refractivity contribution in [2.24, 2.45) is 0 Å². The molecule has 0 fully saturated rings. The molecule has 18 heteroatoms. The van der Waals surface area contributed by atoms with Gasteiger partial charge in [-0.3, -0.25) is 32.5 Å². The van der Waals surface area contributed by atoms with Gasteiger partial charge in [0.25, 0.3) is 0 Å². The first-order chi connectivity index (χ1) is 51.2. The maximum Gasteiger partial charge on any atom is 0.472 e. The molecule has 0 aromatic heterocycles. The van der Waals surface area contributed by atoms with E-state index in [1.54, 1.807) is 0 Å². The summed E-state index contributed by atoms with van der Waals surface area (Å²) in [6.07, 6.45) is 97.5. The van der Waals surface area contributed by atoms with E-state index in [1.807, 2.05) is 0 Å². The van der Waals surface area contributed by atoms with Gasteiger partial charge in [-0.15, -0.1) is 0 Å². The van der Waals surface area contributed by atoms with Crippen molar-refractivity contribution in [1.82, 2.24) is 0 Å². The number of hydrogen-bond acceptors (Lipinski definition) is 14. The van der Waals surface area contributed by atoms with Crippen molar-refractivity contribution in [3.63, 3.8) is 0 Å². The van der Waals surface area contributed by atoms with Crippen LogP contribution >= 0.6 is 15.6 Å². The first-order valence-corrected chi connectivity index (χ1v) is 44.1. The van der Waals surface area contributed by atoms with Gasteiger partial charge in [0.15, 0.2) is 6.10 Å². The van der Waals surface area contributed by atoms with Gasteiger partial charge in [-0.1, -0.05) is 314 Å². The summed E-state index contributed by atoms with van der Waals surface area (Å²) < 4.78 is 61.2. The predicted molar refractivity (Wildman–Crippen MR) is 436 cm³/mol. The number of hydrogen-bond donors (Lipinski definition) is 4. The normalized spacial score (nSPS) is 14.7. The highest BCUT2D eigenvalue weighted by Gasteiger charge is 2.29. The molecule has 0 amide bonds. The summed E-state index contributed by atoms with van der Waals surface area (Å²) in [6.45, 7) is 2.42. The maximum absolute atomic E-state index is 13.0. The highest BCUT2D eigenvalue weighted by atomic mass is 31.2. The minimum Gasteiger partial charge on any atom is -0.463 e. The van der Waals surface area contributed by atoms with Gasteiger partial charge in [0.1, 0.15) is 25.4 Å². The Morgan fingerprint density at radius 2 is 0.505 bits per heavy atom. The molecule has 0 saturated heterocycles. The molecule has 5 unspecified atom stereocenters. The fourth-order valence-electron chi connectivity index (χ4n) is 10.8. The molecule has 0 rings (SSSR count). The van der Waals surface area contributed by atoms with Gasteiger partial charge in [0.2, 0.25) is 0 Å². The van der Waals surface area contributed by atoms with Crippen LogP contribution in [-0.4, -0.2) is 95.9 Å². The van der Waals surface area contributed by atoms with E-state index in [4.69, 9.17) is 32.3 Å². The van der Waals surface area contributed by atoms with Gasteiger partial charge < -0.3 is 34.2 Å². The van der Waals surface area contributed by atoms with Crippen molar-refractivity contribution in [2.75, 3.05) is 39.6 Å². The lowest BCUT2D eigenvalue weighted by molar-refractivity contribution is -0.161. The van der Waals surface area contributed by atoms with E-state index in [1.165, 1.54) is 109 Å². The van der Waals surface area contributed by atoms with Crippen LogP contribution in [0, 0.1) is 0 Å². The first-order valence-electron chi connectivity index (χ1n) is 41.1. The highest BCUT2D eigenvalue weighted by molar-refractivity contribution is 7.47. The number of unbranched alkanes of at least 4 members (excludes halogenated alkanes) is 30. The van der Waals surface area contributed by atoms with Crippen molar-refractivity contribution >= 4 is 33.6 Å². The molecule has 4 N–H and O–H groups in total. The molecule has 0 aromatic rings. The summed E-state index contributed by atoms with van der Waals surface area (Å²) in [4.78, 5) is 58.7. The zero-order chi connectivity index (χ0) is 76.6. The molecule has 602 valence electrons. The van der Waals surface area contributed by atoms with E-state index in [-0.39, 0.29) is 19.3 Å². The van der Waals surface area contributed by atoms with Gasteiger partial charge in [0, 0.05) is 19.3 Å². The number of aliphatic hydroxyl groups is 2. The van der Waals surface area contributed by atoms with Crippen LogP contribution in [0.3, 0.4) is 0 Å². The molecule has 0 aliphatic heterocycles. The Hall–Kier alpha value is -4.57. The molecule has 0 spiro atoms. The number of phosphoric ester groups is 2. The molecule has 16 nitrogen and oxygen atoms in total. The van der Waals surface area contributed by atoms with Crippen molar-refractivity contribution in [1.29, 1.82) is 0 Å². The number of esters is 3. The van der Waals surface area contributed by atoms with Crippen LogP contribution in [0.25, 0.3) is 0 Å². The molecule has 0 radical (unpaired) electrons. The van der Waals surface area contributed by atoms with E-state index in [9.17, 15) is 43.5 Å². The predicted octanol–water partition coefficient (Wildman–Crippen LogP) is 24.4. The number of phosphoric acid groups is 2. The number of carbonyl (C=O) groups is 3. The molecule has 0 bridgehead atoms. The van der Waals surface area contributed by atoms with Gasteiger partial charge in [-0.25, -0.2) is 9.13 Å². The third-order valence-corrected chi connectivity index (χ3v) is 18.9. The Bertz CT molecular complexity index is 2490. The third kappa shape index (κ3) is 80.3. The van der Waals surface area contributed by atoms with Crippen LogP contribution in [0.5, 0.6) is 0 Å². The Morgan fingerprint density at radius 3 is 0.800 bits per heavy atom. The molecule has 0 aliphatic carbocycles. The van der Waals surface area contributed by atoms with E-state index in [0.717, 1.165) is 161 Å². The van der Waals surface area contributed by atoms with E-state index in [0.29, 0.717) is 19.3 Å². The lowest BCUT2D eigenvalue weighted by atomic mass is 10.0. The SMILES string of the molecule is CC/C=C\C/C=C\C/C=C\C/C=C\C/C=C\CCCCCCCCCCCCCC(=O)OCC(O)COP(=O)(O)OCC(O)COP(=O)(O)OCC(COC(=O)CCCCCCCCCCCCC/C=C\C/C=C\C/C=C\C/C=C\CCCCC)OC(=O)CCCCCCC/C=C\C/C=C\C/C=C\CC. The monoisotopic (exact) mass is 1510 g/mol. The van der Waals surface area contributed by atoms with Gasteiger partial charge in [0.05, 0.1) is 26.4 Å². The Morgan fingerprint density at radius 1 is 0.276 bits per heavy atom. The first kappa shape index (κ1) is 100. The Kier molecular flexibility index (Phi) is 75.6. The molecular formula is C87H148O16P2. The smallest absolute Gasteiger partial charge is 0.463 e. The summed E-state index contributed by atoms with van der Waals surface area (Å²) in [7, 11) is -9.80. The van der Waals surface area contributed by atoms with Crippen LogP contribution in [0.1, 0.15) is 329 Å². The summed E-state index contributed by atoms with van der Waals surface area (Å²) in [6, 6.07) is 0. The molecular weight excluding hydrogens is 1360 g/mol. The second kappa shape index (κ2) is 79.0. The van der Waals surface area contributed by atoms with Crippen LogP contribution < -0.4 is 0 Å². The molecule has 0 saturated carbocycles. The fourth-order valence-corrected chi connectivity index (χ4v) is 12.4. The van der Waals surface area contributed by atoms with Crippen molar-refractivity contribution in [2.45, 2.75) is 347 Å². The summed E-state index contributed by atoms with van der Waals surface area (Å²) >= 11 is 0. The van der Waals surface area contributed by atoms with Crippen molar-refractivity contribution in [3.8, 4) is 0 Å². The number of allylic oxidation sites excluding steroid dienone is 24. The molecule has 0 aliphatic rings. The van der Waals surface area contributed by atoms with Crippen molar-refractivity contribution in [3.05, 3.63) is 146 Å². The average molecular weight is 1510 g/mol. The van der Waals surface area contributed by atoms with Crippen LogP contribution in [0.4, 0.5) is 0 Å². The standard InChI is InChI=1S/C87H148O16P2/c1-4-7-10-13-16-19-22-25-28-30-32-34-36-38-40-42-44-46-48-50-53-55-58-61-64-67-70-73-85(90)97-76-82(88)77-99-104(93,94)100-78-83(89)79-101-105(95,96)102-81-84(103-87(92)75-72-69-66-63-60-57-52-27-24-21-18-15-12-9-6-3)80-98-86(91)74-71-68-65-62-59-56-54-51-49-47-45-43-41-39-37-35-33-31-29-26-23-20-17-14-11-8-5-2/h7,9-10,12,16-21,25-29,32-35,38-41,52,82-84,88-89H,4-6,8,11,13-15,22-24,30-31,36-37,42-51,53-81H2,1-3H3,(H,93,94)(H,95,96)/b10-7-,12-9-,19-16-,20-17-,21-18-,28-25-,29-26-,34-32-,35-33-,40-38-,41-39-,52-27-. The number of aliphatic hydroxyl groups excluding tert-OH is 2. The van der Waals surface area contributed by atoms with Crippen LogP contribution in [0.15, 0.2) is 146 Å². The number of ether oxygens (including phenoxy) is 3. The summed E-state index contributed by atoms with van der Waals surface area (Å²) in [5, 5.41) is 20.7. The fraction of sp³-hybridized carbons (Fsp3) is 0.690. The number of rotatable bonds is 77. The minimum absolute atomic E-state index is 0.0816. The second-order valence-corrected chi connectivity index (χ2v) is 30.1. The number of carbonyl (C=O) groups excluding carboxylic acids is 3. The lowest BCUT2D eigenvalue weighted by Crippen LogP contribution is -2.30. The van der Waals surface area contributed by atoms with E-state index in [2.05, 4.69) is 167 Å². The lowest BCUT2D eigenvalue weighted by Gasteiger charge is -2.21.